The quantitative estimate of drug-likeness (QED) is 0.608. The molecule has 1 aliphatic carbocycles. The summed E-state index contributed by atoms with van der Waals surface area (Å²) in [7, 11) is 1.49. The number of amides is 1. The molecule has 2 aromatic rings. The van der Waals surface area contributed by atoms with Crippen molar-refractivity contribution < 1.29 is 18.7 Å². The number of thioether (sulfide) groups is 1. The minimum absolute atomic E-state index is 0.0511. The molecule has 1 unspecified atom stereocenters. The van der Waals surface area contributed by atoms with Crippen molar-refractivity contribution in [2.75, 3.05) is 25.7 Å². The number of aliphatic imine (C=N–C) groups is 1. The van der Waals surface area contributed by atoms with Crippen LogP contribution < -0.4 is 20.5 Å². The zero-order chi connectivity index (χ0) is 22.9. The van der Waals surface area contributed by atoms with Crippen LogP contribution in [0.5, 0.6) is 11.8 Å². The number of hydrogen-bond acceptors (Lipinski definition) is 9. The van der Waals surface area contributed by atoms with Gasteiger partial charge in [0, 0.05) is 11.5 Å². The Balaban J connectivity index is 1.60. The normalized spacial score (nSPS) is 25.7. The molecule has 1 aliphatic heterocycles. The van der Waals surface area contributed by atoms with E-state index >= 15 is 0 Å². The zero-order valence-corrected chi connectivity index (χ0v) is 18.3. The third-order valence-electron chi connectivity index (χ3n) is 5.59. The van der Waals surface area contributed by atoms with Crippen LogP contribution in [-0.2, 0) is 5.54 Å². The molecular formula is C21H21FN6O3S. The molecule has 1 saturated carbocycles. The van der Waals surface area contributed by atoms with Crippen LogP contribution in [0.3, 0.4) is 0 Å². The number of nitrogens with zero attached hydrogens (tertiary/aromatic N) is 4. The molecule has 0 radical (unpaired) electrons. The predicted octanol–water partition coefficient (Wildman–Crippen LogP) is 2.15. The van der Waals surface area contributed by atoms with Gasteiger partial charge >= 0.3 is 0 Å². The number of anilines is 1. The van der Waals surface area contributed by atoms with Crippen LogP contribution in [0.2, 0.25) is 0 Å². The second kappa shape index (κ2) is 8.27. The third kappa shape index (κ3) is 3.82. The number of carbonyl (C=O) groups excluding carboxylic acids is 1. The zero-order valence-electron chi connectivity index (χ0n) is 17.5. The van der Waals surface area contributed by atoms with Gasteiger partial charge < -0.3 is 20.5 Å². The van der Waals surface area contributed by atoms with Crippen LogP contribution in [0, 0.1) is 18.3 Å². The van der Waals surface area contributed by atoms with Crippen molar-refractivity contribution in [1.82, 2.24) is 15.0 Å². The summed E-state index contributed by atoms with van der Waals surface area (Å²) in [5, 5.41) is 3.06. The molecular weight excluding hydrogens is 435 g/mol. The van der Waals surface area contributed by atoms with E-state index in [4.69, 9.17) is 21.6 Å². The van der Waals surface area contributed by atoms with Gasteiger partial charge in [-0.25, -0.2) is 19.3 Å². The Hall–Kier alpha value is -3.39. The molecule has 2 aromatic heterocycles. The first kappa shape index (κ1) is 21.8. The number of terminal acetylenes is 1. The van der Waals surface area contributed by atoms with Gasteiger partial charge in [-0.05, 0) is 19.4 Å². The summed E-state index contributed by atoms with van der Waals surface area (Å²) < 4.78 is 23.8. The summed E-state index contributed by atoms with van der Waals surface area (Å²) in [6.07, 6.45) is 9.82. The molecule has 1 fully saturated rings. The Bertz CT molecular complexity index is 1120. The highest BCUT2D eigenvalue weighted by Crippen LogP contribution is 2.66. The maximum atomic E-state index is 13.8. The first-order chi connectivity index (χ1) is 15.3. The van der Waals surface area contributed by atoms with Crippen molar-refractivity contribution in [1.29, 1.82) is 0 Å². The fourth-order valence-electron chi connectivity index (χ4n) is 3.94. The number of aromatic nitrogens is 3. The Kier molecular flexibility index (Phi) is 5.64. The Morgan fingerprint density at radius 1 is 1.41 bits per heavy atom. The van der Waals surface area contributed by atoms with Crippen LogP contribution in [0.25, 0.3) is 0 Å². The number of carbonyl (C=O) groups is 1. The average Bonchev–Trinajstić information content (AvgIpc) is 3.54. The Labute approximate surface area is 188 Å². The van der Waals surface area contributed by atoms with E-state index in [0.717, 1.165) is 0 Å². The van der Waals surface area contributed by atoms with E-state index in [1.165, 1.54) is 37.5 Å². The van der Waals surface area contributed by atoms with Crippen molar-refractivity contribution in [3.8, 4) is 24.1 Å². The first-order valence-electron chi connectivity index (χ1n) is 9.69. The number of ether oxygens (including phenoxy) is 2. The van der Waals surface area contributed by atoms with Crippen molar-refractivity contribution in [3.05, 3.63) is 35.9 Å². The predicted molar refractivity (Wildman–Crippen MR) is 118 cm³/mol. The van der Waals surface area contributed by atoms with E-state index in [1.807, 2.05) is 6.92 Å². The molecule has 0 bridgehead atoms. The highest BCUT2D eigenvalue weighted by atomic mass is 32.2. The molecule has 3 heterocycles. The topological polar surface area (TPSA) is 125 Å². The summed E-state index contributed by atoms with van der Waals surface area (Å²) >= 11 is 1.28. The van der Waals surface area contributed by atoms with Crippen LogP contribution in [0.1, 0.15) is 29.4 Å². The lowest BCUT2D eigenvalue weighted by Crippen LogP contribution is -2.36. The van der Waals surface area contributed by atoms with Crippen LogP contribution in [0.15, 0.2) is 29.6 Å². The molecule has 32 heavy (non-hydrogen) atoms. The molecule has 9 nitrogen and oxygen atoms in total. The minimum atomic E-state index is -0.837. The van der Waals surface area contributed by atoms with E-state index < -0.39 is 22.9 Å². The summed E-state index contributed by atoms with van der Waals surface area (Å²) in [5.41, 5.74) is 6.30. The maximum Gasteiger partial charge on any atom is 0.275 e. The Morgan fingerprint density at radius 3 is 2.88 bits per heavy atom. The van der Waals surface area contributed by atoms with Gasteiger partial charge in [0.05, 0.1) is 41.7 Å². The van der Waals surface area contributed by atoms with Gasteiger partial charge in [0.15, 0.2) is 11.8 Å². The summed E-state index contributed by atoms with van der Waals surface area (Å²) in [6.45, 7) is 1.43. The summed E-state index contributed by atoms with van der Waals surface area (Å²) in [4.78, 5) is 29.6. The molecule has 0 aromatic carbocycles. The van der Waals surface area contributed by atoms with E-state index in [2.05, 4.69) is 31.2 Å². The highest BCUT2D eigenvalue weighted by Gasteiger charge is 2.67. The number of nitrogens with two attached hydrogens (primary N) is 1. The number of pyridine rings is 1. The highest BCUT2D eigenvalue weighted by molar-refractivity contribution is 8.15. The number of nitrogens with one attached hydrogen (secondary N) is 1. The number of alkyl halides is 1. The van der Waals surface area contributed by atoms with Crippen LogP contribution in [0.4, 0.5) is 10.1 Å². The SMILES string of the molecule is C#CCOc1cnc(C(=O)Nc2cnc(OC)c([C@@]3(C)N=C(N)S[C@@]4(CF)CC43)c2)cn1. The van der Waals surface area contributed by atoms with Gasteiger partial charge in [-0.15, -0.1) is 6.42 Å². The van der Waals surface area contributed by atoms with Gasteiger partial charge in [-0.2, -0.15) is 0 Å². The first-order valence-corrected chi connectivity index (χ1v) is 10.5. The monoisotopic (exact) mass is 456 g/mol. The molecule has 0 saturated heterocycles. The molecule has 3 N–H and O–H groups in total. The summed E-state index contributed by atoms with van der Waals surface area (Å²) in [6, 6.07) is 1.72. The van der Waals surface area contributed by atoms with Crippen LogP contribution in [-0.4, -0.2) is 51.2 Å². The lowest BCUT2D eigenvalue weighted by atomic mass is 9.86. The van der Waals surface area contributed by atoms with Crippen LogP contribution >= 0.6 is 11.8 Å². The molecule has 2 aliphatic rings. The van der Waals surface area contributed by atoms with Crippen molar-refractivity contribution in [2.24, 2.45) is 16.6 Å². The molecule has 166 valence electrons. The van der Waals surface area contributed by atoms with E-state index in [0.29, 0.717) is 28.7 Å². The second-order valence-corrected chi connectivity index (χ2v) is 9.06. The van der Waals surface area contributed by atoms with Gasteiger partial charge in [0.25, 0.3) is 5.91 Å². The number of rotatable bonds is 7. The maximum absolute atomic E-state index is 13.8. The van der Waals surface area contributed by atoms with E-state index in [1.54, 1.807) is 6.07 Å². The Morgan fingerprint density at radius 2 is 2.22 bits per heavy atom. The molecule has 11 heteroatoms. The number of methoxy groups -OCH3 is 1. The largest absolute Gasteiger partial charge is 0.481 e. The number of halogens is 1. The minimum Gasteiger partial charge on any atom is -0.481 e. The van der Waals surface area contributed by atoms with Gasteiger partial charge in [-0.3, -0.25) is 9.79 Å². The van der Waals surface area contributed by atoms with Crippen molar-refractivity contribution in [3.63, 3.8) is 0 Å². The smallest absolute Gasteiger partial charge is 0.275 e. The number of amidine groups is 1. The van der Waals surface area contributed by atoms with E-state index in [-0.39, 0.29) is 24.1 Å². The molecule has 4 rings (SSSR count). The number of hydrogen-bond donors (Lipinski definition) is 2. The fraction of sp³-hybridized carbons (Fsp3) is 0.381. The van der Waals surface area contributed by atoms with Gasteiger partial charge in [0.1, 0.15) is 12.4 Å². The van der Waals surface area contributed by atoms with Crippen molar-refractivity contribution >= 4 is 28.5 Å². The molecule has 0 spiro atoms. The van der Waals surface area contributed by atoms with Gasteiger partial charge in [0.2, 0.25) is 11.8 Å². The van der Waals surface area contributed by atoms with Gasteiger partial charge in [-0.1, -0.05) is 17.7 Å². The third-order valence-corrected chi connectivity index (χ3v) is 6.86. The van der Waals surface area contributed by atoms with Crippen molar-refractivity contribution in [2.45, 2.75) is 23.6 Å². The lowest BCUT2D eigenvalue weighted by Gasteiger charge is -2.33. The number of fused-ring (bicyclic) bond motifs is 1. The molecule has 1 amide bonds. The average molecular weight is 457 g/mol. The second-order valence-electron chi connectivity index (χ2n) is 7.62. The summed E-state index contributed by atoms with van der Waals surface area (Å²) in [5.74, 6) is 2.31. The molecule has 3 atom stereocenters. The van der Waals surface area contributed by atoms with E-state index in [9.17, 15) is 9.18 Å². The fourth-order valence-corrected chi connectivity index (χ4v) is 5.26. The standard InChI is InChI=1S/C21H21FN6O3S/c1-4-5-31-16-10-24-14(9-25-16)17(29)27-12-6-13(18(30-3)26-8-12)20(2)15-7-21(15,11-22)32-19(23)28-20/h1,6,8-10,15H,5,7,11H2,2-3H3,(H2,23,28)(H,27,29)/t15?,20-,21-/m1/s1. The lowest BCUT2D eigenvalue weighted by molar-refractivity contribution is 0.102.